The van der Waals surface area contributed by atoms with Gasteiger partial charge in [-0.15, -0.1) is 0 Å². The molecule has 3 nitrogen and oxygen atoms in total. The Morgan fingerprint density at radius 2 is 2.21 bits per heavy atom. The summed E-state index contributed by atoms with van der Waals surface area (Å²) in [5.74, 6) is -0.254. The fourth-order valence-corrected chi connectivity index (χ4v) is 1.27. The number of phenolic OH excluding ortho intramolecular Hbond substituents is 1. The number of halogens is 1. The second kappa shape index (κ2) is 4.81. The summed E-state index contributed by atoms with van der Waals surface area (Å²) < 4.78 is 18.1. The van der Waals surface area contributed by atoms with Crippen LogP contribution in [0.25, 0.3) is 0 Å². The molecule has 0 amide bonds. The predicted molar refractivity (Wildman–Crippen MR) is 52.0 cm³/mol. The van der Waals surface area contributed by atoms with Gasteiger partial charge in [0.1, 0.15) is 5.82 Å². The summed E-state index contributed by atoms with van der Waals surface area (Å²) in [5, 5.41) is 9.59. The molecule has 4 heteroatoms. The maximum Gasteiger partial charge on any atom is 0.163 e. The first-order valence-electron chi connectivity index (χ1n) is 4.45. The van der Waals surface area contributed by atoms with Crippen LogP contribution in [0.2, 0.25) is 0 Å². The molecule has 1 aromatic rings. The van der Waals surface area contributed by atoms with Crippen LogP contribution in [0, 0.1) is 5.82 Å². The largest absolute Gasteiger partial charge is 0.504 e. The average molecular weight is 199 g/mol. The topological polar surface area (TPSA) is 55.5 Å². The van der Waals surface area contributed by atoms with E-state index in [4.69, 9.17) is 10.5 Å². The van der Waals surface area contributed by atoms with Crippen LogP contribution in [-0.2, 0) is 6.42 Å². The molecule has 0 saturated heterocycles. The fourth-order valence-electron chi connectivity index (χ4n) is 1.27. The third kappa shape index (κ3) is 2.14. The Labute approximate surface area is 82.3 Å². The number of benzene rings is 1. The molecule has 0 aliphatic carbocycles. The Balaban J connectivity index is 2.99. The lowest BCUT2D eigenvalue weighted by atomic mass is 10.1. The maximum atomic E-state index is 13.2. The van der Waals surface area contributed by atoms with Gasteiger partial charge in [-0.05, 0) is 31.5 Å². The van der Waals surface area contributed by atoms with Gasteiger partial charge in [-0.3, -0.25) is 0 Å². The van der Waals surface area contributed by atoms with E-state index in [9.17, 15) is 9.50 Å². The van der Waals surface area contributed by atoms with Gasteiger partial charge in [0.25, 0.3) is 0 Å². The number of rotatable bonds is 4. The van der Waals surface area contributed by atoms with Gasteiger partial charge in [0.2, 0.25) is 0 Å². The van der Waals surface area contributed by atoms with Gasteiger partial charge in [0.05, 0.1) is 7.11 Å². The number of hydrogen-bond acceptors (Lipinski definition) is 3. The van der Waals surface area contributed by atoms with Crippen molar-refractivity contribution in [2.45, 2.75) is 12.8 Å². The summed E-state index contributed by atoms with van der Waals surface area (Å²) in [5.41, 5.74) is 5.58. The van der Waals surface area contributed by atoms with E-state index in [1.807, 2.05) is 0 Å². The van der Waals surface area contributed by atoms with Crippen LogP contribution in [0.4, 0.5) is 4.39 Å². The van der Waals surface area contributed by atoms with Crippen LogP contribution in [0.3, 0.4) is 0 Å². The summed E-state index contributed by atoms with van der Waals surface area (Å²) in [6.45, 7) is 0.468. The minimum atomic E-state index is -0.420. The lowest BCUT2D eigenvalue weighted by Gasteiger charge is -2.09. The third-order valence-electron chi connectivity index (χ3n) is 2.04. The Bertz CT molecular complexity index is 315. The van der Waals surface area contributed by atoms with Gasteiger partial charge in [-0.2, -0.15) is 0 Å². The van der Waals surface area contributed by atoms with E-state index >= 15 is 0 Å². The summed E-state index contributed by atoms with van der Waals surface area (Å²) in [7, 11) is 1.43. The zero-order chi connectivity index (χ0) is 10.6. The molecule has 0 aromatic heterocycles. The van der Waals surface area contributed by atoms with Crippen molar-refractivity contribution in [2.75, 3.05) is 13.7 Å². The first-order chi connectivity index (χ1) is 6.70. The number of phenols is 1. The van der Waals surface area contributed by atoms with Gasteiger partial charge in [0.15, 0.2) is 11.5 Å². The van der Waals surface area contributed by atoms with Crippen molar-refractivity contribution < 1.29 is 14.2 Å². The lowest BCUT2D eigenvalue weighted by molar-refractivity contribution is 0.366. The van der Waals surface area contributed by atoms with Crippen molar-refractivity contribution in [3.8, 4) is 11.5 Å². The van der Waals surface area contributed by atoms with E-state index in [0.717, 1.165) is 0 Å². The van der Waals surface area contributed by atoms with E-state index in [-0.39, 0.29) is 11.3 Å². The summed E-state index contributed by atoms with van der Waals surface area (Å²) in [4.78, 5) is 0. The van der Waals surface area contributed by atoms with Crippen LogP contribution in [0.5, 0.6) is 11.5 Å². The monoisotopic (exact) mass is 199 g/mol. The molecule has 78 valence electrons. The molecule has 0 bridgehead atoms. The molecule has 0 atom stereocenters. The van der Waals surface area contributed by atoms with Crippen molar-refractivity contribution in [1.29, 1.82) is 0 Å². The molecule has 0 saturated carbocycles. The normalized spacial score (nSPS) is 10.2. The van der Waals surface area contributed by atoms with E-state index in [1.165, 1.54) is 19.2 Å². The third-order valence-corrected chi connectivity index (χ3v) is 2.04. The number of aromatic hydroxyl groups is 1. The Morgan fingerprint density at radius 1 is 1.50 bits per heavy atom. The molecule has 0 heterocycles. The Kier molecular flexibility index (Phi) is 3.71. The fraction of sp³-hybridized carbons (Fsp3) is 0.400. The Morgan fingerprint density at radius 3 is 2.79 bits per heavy atom. The molecular formula is C10H14FNO2. The molecule has 14 heavy (non-hydrogen) atoms. The molecule has 3 N–H and O–H groups in total. The summed E-state index contributed by atoms with van der Waals surface area (Å²) in [6.07, 6.45) is 1.06. The second-order valence-electron chi connectivity index (χ2n) is 2.97. The zero-order valence-corrected chi connectivity index (χ0v) is 8.09. The molecule has 0 aliphatic rings. The highest BCUT2D eigenvalue weighted by Crippen LogP contribution is 2.32. The predicted octanol–water partition coefficient (Wildman–Crippen LogP) is 1.43. The molecule has 1 aromatic carbocycles. The second-order valence-corrected chi connectivity index (χ2v) is 2.97. The van der Waals surface area contributed by atoms with Crippen molar-refractivity contribution in [2.24, 2.45) is 5.73 Å². The number of ether oxygens (including phenoxy) is 1. The van der Waals surface area contributed by atoms with E-state index in [2.05, 4.69) is 0 Å². The summed E-state index contributed by atoms with van der Waals surface area (Å²) >= 11 is 0. The first kappa shape index (κ1) is 10.8. The van der Waals surface area contributed by atoms with Gasteiger partial charge in [-0.1, -0.05) is 0 Å². The lowest BCUT2D eigenvalue weighted by Crippen LogP contribution is -2.02. The Hall–Kier alpha value is -1.29. The zero-order valence-electron chi connectivity index (χ0n) is 8.09. The molecule has 0 radical (unpaired) electrons. The van der Waals surface area contributed by atoms with Gasteiger partial charge in [-0.25, -0.2) is 4.39 Å². The first-order valence-corrected chi connectivity index (χ1v) is 4.45. The quantitative estimate of drug-likeness (QED) is 0.771. The molecular weight excluding hydrogens is 185 g/mol. The number of nitrogens with two attached hydrogens (primary N) is 1. The molecule has 0 aliphatic heterocycles. The minimum Gasteiger partial charge on any atom is -0.504 e. The van der Waals surface area contributed by atoms with E-state index in [0.29, 0.717) is 25.1 Å². The maximum absolute atomic E-state index is 13.2. The highest BCUT2D eigenvalue weighted by Gasteiger charge is 2.12. The van der Waals surface area contributed by atoms with Crippen molar-refractivity contribution >= 4 is 0 Å². The molecule has 1 rings (SSSR count). The highest BCUT2D eigenvalue weighted by atomic mass is 19.1. The van der Waals surface area contributed by atoms with Crippen molar-refractivity contribution in [3.63, 3.8) is 0 Å². The van der Waals surface area contributed by atoms with Gasteiger partial charge >= 0.3 is 0 Å². The SMILES string of the molecule is COc1ccc(F)c(CCCN)c1O. The minimum absolute atomic E-state index is 0.124. The summed E-state index contributed by atoms with van der Waals surface area (Å²) in [6, 6.07) is 2.68. The molecule has 0 spiro atoms. The van der Waals surface area contributed by atoms with E-state index < -0.39 is 5.82 Å². The van der Waals surface area contributed by atoms with E-state index in [1.54, 1.807) is 0 Å². The molecule has 0 fully saturated rings. The van der Waals surface area contributed by atoms with Crippen LogP contribution in [0.1, 0.15) is 12.0 Å². The van der Waals surface area contributed by atoms with Gasteiger partial charge < -0.3 is 15.6 Å². The van der Waals surface area contributed by atoms with Crippen LogP contribution in [-0.4, -0.2) is 18.8 Å². The van der Waals surface area contributed by atoms with Crippen molar-refractivity contribution in [1.82, 2.24) is 0 Å². The number of methoxy groups -OCH3 is 1. The number of hydrogen-bond donors (Lipinski definition) is 2. The smallest absolute Gasteiger partial charge is 0.163 e. The van der Waals surface area contributed by atoms with Crippen molar-refractivity contribution in [3.05, 3.63) is 23.5 Å². The van der Waals surface area contributed by atoms with Gasteiger partial charge in [0, 0.05) is 5.56 Å². The highest BCUT2D eigenvalue weighted by molar-refractivity contribution is 5.46. The standard InChI is InChI=1S/C10H14FNO2/c1-14-9-5-4-8(11)7(10(9)13)3-2-6-12/h4-5,13H,2-3,6,12H2,1H3. The molecule has 0 unspecified atom stereocenters. The van der Waals surface area contributed by atoms with Crippen LogP contribution in [0.15, 0.2) is 12.1 Å². The van der Waals surface area contributed by atoms with Crippen LogP contribution < -0.4 is 10.5 Å². The average Bonchev–Trinajstić information content (AvgIpc) is 2.18. The van der Waals surface area contributed by atoms with Crippen LogP contribution >= 0.6 is 0 Å².